The highest BCUT2D eigenvalue weighted by Gasteiger charge is 2.07. The van der Waals surface area contributed by atoms with E-state index in [1.165, 1.54) is 0 Å². The lowest BCUT2D eigenvalue weighted by molar-refractivity contribution is -0.121. The van der Waals surface area contributed by atoms with Gasteiger partial charge in [-0.25, -0.2) is 0 Å². The number of hydrogen-bond acceptors (Lipinski definition) is 2. The van der Waals surface area contributed by atoms with Crippen molar-refractivity contribution in [2.24, 2.45) is 0 Å². The third kappa shape index (κ3) is 4.68. The van der Waals surface area contributed by atoms with Gasteiger partial charge in [0.2, 0.25) is 5.91 Å². The molecule has 1 rings (SSSR count). The molecule has 3 nitrogen and oxygen atoms in total. The van der Waals surface area contributed by atoms with E-state index in [1.807, 2.05) is 26.0 Å². The van der Waals surface area contributed by atoms with Gasteiger partial charge in [0.15, 0.2) is 0 Å². The van der Waals surface area contributed by atoms with E-state index >= 15 is 0 Å². The molecule has 0 saturated carbocycles. The Bertz CT molecular complexity index is 280. The maximum Gasteiger partial charge on any atom is 0.220 e. The summed E-state index contributed by atoms with van der Waals surface area (Å²) >= 11 is 0. The molecular formula is C12H19NO2. The van der Waals surface area contributed by atoms with Crippen LogP contribution in [-0.2, 0) is 11.2 Å². The SMILES string of the molecule is CCCC(=O)NC(C)CCc1ccco1. The summed E-state index contributed by atoms with van der Waals surface area (Å²) < 4.78 is 5.22. The minimum atomic E-state index is 0.143. The summed E-state index contributed by atoms with van der Waals surface area (Å²) in [4.78, 5) is 11.3. The van der Waals surface area contributed by atoms with Crippen LogP contribution in [0.3, 0.4) is 0 Å². The Hall–Kier alpha value is -1.25. The quantitative estimate of drug-likeness (QED) is 0.782. The third-order valence-electron chi connectivity index (χ3n) is 2.29. The fourth-order valence-electron chi connectivity index (χ4n) is 1.46. The second-order valence-electron chi connectivity index (χ2n) is 3.84. The van der Waals surface area contributed by atoms with Gasteiger partial charge in [-0.1, -0.05) is 6.92 Å². The number of nitrogens with one attached hydrogen (secondary N) is 1. The van der Waals surface area contributed by atoms with E-state index in [1.54, 1.807) is 6.26 Å². The number of carbonyl (C=O) groups is 1. The van der Waals surface area contributed by atoms with Gasteiger partial charge in [0.25, 0.3) is 0 Å². The summed E-state index contributed by atoms with van der Waals surface area (Å²) in [5.41, 5.74) is 0. The first kappa shape index (κ1) is 11.8. The molecule has 1 unspecified atom stereocenters. The Kier molecular flexibility index (Phi) is 4.95. The normalized spacial score (nSPS) is 12.4. The van der Waals surface area contributed by atoms with Gasteiger partial charge in [-0.2, -0.15) is 0 Å². The molecule has 0 aliphatic rings. The maximum absolute atomic E-state index is 11.3. The second-order valence-corrected chi connectivity index (χ2v) is 3.84. The highest BCUT2D eigenvalue weighted by molar-refractivity contribution is 5.76. The smallest absolute Gasteiger partial charge is 0.220 e. The largest absolute Gasteiger partial charge is 0.469 e. The predicted octanol–water partition coefficient (Wildman–Crippen LogP) is 2.52. The van der Waals surface area contributed by atoms with Crippen LogP contribution in [0.2, 0.25) is 0 Å². The summed E-state index contributed by atoms with van der Waals surface area (Å²) in [6.07, 6.45) is 4.99. The zero-order valence-corrected chi connectivity index (χ0v) is 9.45. The molecule has 3 heteroatoms. The van der Waals surface area contributed by atoms with Gasteiger partial charge in [0, 0.05) is 18.9 Å². The van der Waals surface area contributed by atoms with E-state index in [0.29, 0.717) is 6.42 Å². The number of amides is 1. The van der Waals surface area contributed by atoms with E-state index < -0.39 is 0 Å². The molecule has 1 aromatic rings. The van der Waals surface area contributed by atoms with Crippen molar-refractivity contribution < 1.29 is 9.21 Å². The molecule has 1 N–H and O–H groups in total. The van der Waals surface area contributed by atoms with Gasteiger partial charge in [0.05, 0.1) is 6.26 Å². The van der Waals surface area contributed by atoms with Crippen LogP contribution in [-0.4, -0.2) is 11.9 Å². The highest BCUT2D eigenvalue weighted by atomic mass is 16.3. The van der Waals surface area contributed by atoms with Crippen LogP contribution in [0.5, 0.6) is 0 Å². The van der Waals surface area contributed by atoms with Crippen LogP contribution < -0.4 is 5.32 Å². The summed E-state index contributed by atoms with van der Waals surface area (Å²) in [7, 11) is 0. The Morgan fingerprint density at radius 1 is 1.60 bits per heavy atom. The van der Waals surface area contributed by atoms with E-state index in [4.69, 9.17) is 4.42 Å². The topological polar surface area (TPSA) is 42.2 Å². The molecule has 0 fully saturated rings. The first-order valence-corrected chi connectivity index (χ1v) is 5.54. The molecule has 0 aromatic carbocycles. The Balaban J connectivity index is 2.18. The molecule has 1 heterocycles. The van der Waals surface area contributed by atoms with Crippen LogP contribution in [0.4, 0.5) is 0 Å². The molecule has 15 heavy (non-hydrogen) atoms. The molecule has 0 spiro atoms. The molecule has 1 aromatic heterocycles. The lowest BCUT2D eigenvalue weighted by atomic mass is 10.1. The Morgan fingerprint density at radius 2 is 2.40 bits per heavy atom. The Labute approximate surface area is 90.9 Å². The van der Waals surface area contributed by atoms with E-state index in [2.05, 4.69) is 5.32 Å². The minimum absolute atomic E-state index is 0.143. The fourth-order valence-corrected chi connectivity index (χ4v) is 1.46. The van der Waals surface area contributed by atoms with Gasteiger partial charge >= 0.3 is 0 Å². The number of aryl methyl sites for hydroxylation is 1. The van der Waals surface area contributed by atoms with Crippen molar-refractivity contribution >= 4 is 5.91 Å². The molecule has 1 atom stereocenters. The van der Waals surface area contributed by atoms with Crippen molar-refractivity contribution in [2.75, 3.05) is 0 Å². The lowest BCUT2D eigenvalue weighted by Gasteiger charge is -2.12. The molecule has 1 amide bonds. The zero-order chi connectivity index (χ0) is 11.1. The molecule has 84 valence electrons. The van der Waals surface area contributed by atoms with Gasteiger partial charge in [-0.15, -0.1) is 0 Å². The monoisotopic (exact) mass is 209 g/mol. The average molecular weight is 209 g/mol. The number of rotatable bonds is 6. The van der Waals surface area contributed by atoms with Crippen LogP contribution in [0.25, 0.3) is 0 Å². The first-order valence-electron chi connectivity index (χ1n) is 5.54. The number of hydrogen-bond donors (Lipinski definition) is 1. The van der Waals surface area contributed by atoms with Crippen LogP contribution in [0.15, 0.2) is 22.8 Å². The van der Waals surface area contributed by atoms with Crippen molar-refractivity contribution in [3.05, 3.63) is 24.2 Å². The average Bonchev–Trinajstić information content (AvgIpc) is 2.67. The maximum atomic E-state index is 11.3. The third-order valence-corrected chi connectivity index (χ3v) is 2.29. The number of furan rings is 1. The first-order chi connectivity index (χ1) is 7.22. The minimum Gasteiger partial charge on any atom is -0.469 e. The van der Waals surface area contributed by atoms with E-state index in [9.17, 15) is 4.79 Å². The summed E-state index contributed by atoms with van der Waals surface area (Å²) in [6, 6.07) is 4.06. The van der Waals surface area contributed by atoms with Gasteiger partial charge < -0.3 is 9.73 Å². The predicted molar refractivity (Wildman–Crippen MR) is 59.5 cm³/mol. The van der Waals surface area contributed by atoms with Crippen molar-refractivity contribution in [3.8, 4) is 0 Å². The summed E-state index contributed by atoms with van der Waals surface area (Å²) in [5, 5.41) is 2.96. The van der Waals surface area contributed by atoms with E-state index in [-0.39, 0.29) is 11.9 Å². The molecule has 0 aliphatic heterocycles. The van der Waals surface area contributed by atoms with E-state index in [0.717, 1.165) is 25.0 Å². The summed E-state index contributed by atoms with van der Waals surface area (Å²) in [5.74, 6) is 1.12. The zero-order valence-electron chi connectivity index (χ0n) is 9.45. The molecule has 0 aliphatic carbocycles. The standard InChI is InChI=1S/C12H19NO2/c1-3-5-12(14)13-10(2)7-8-11-6-4-9-15-11/h4,6,9-10H,3,5,7-8H2,1-2H3,(H,13,14). The van der Waals surface area contributed by atoms with Gasteiger partial charge in [0.1, 0.15) is 5.76 Å². The Morgan fingerprint density at radius 3 is 3.00 bits per heavy atom. The lowest BCUT2D eigenvalue weighted by Crippen LogP contribution is -2.32. The van der Waals surface area contributed by atoms with Gasteiger partial charge in [-0.3, -0.25) is 4.79 Å². The fraction of sp³-hybridized carbons (Fsp3) is 0.583. The van der Waals surface area contributed by atoms with Crippen molar-refractivity contribution in [1.29, 1.82) is 0 Å². The van der Waals surface area contributed by atoms with Crippen LogP contribution in [0, 0.1) is 0 Å². The molecule has 0 bridgehead atoms. The number of carbonyl (C=O) groups excluding carboxylic acids is 1. The summed E-state index contributed by atoms with van der Waals surface area (Å²) in [6.45, 7) is 4.03. The molecular weight excluding hydrogens is 190 g/mol. The van der Waals surface area contributed by atoms with Gasteiger partial charge in [-0.05, 0) is 31.9 Å². The second kappa shape index (κ2) is 6.27. The molecule has 0 radical (unpaired) electrons. The van der Waals surface area contributed by atoms with Crippen molar-refractivity contribution in [3.63, 3.8) is 0 Å². The highest BCUT2D eigenvalue weighted by Crippen LogP contribution is 2.05. The van der Waals surface area contributed by atoms with Crippen molar-refractivity contribution in [2.45, 2.75) is 45.6 Å². The van der Waals surface area contributed by atoms with Crippen LogP contribution in [0.1, 0.15) is 38.9 Å². The van der Waals surface area contributed by atoms with Crippen LogP contribution >= 0.6 is 0 Å². The molecule has 0 saturated heterocycles. The van der Waals surface area contributed by atoms with Crippen molar-refractivity contribution in [1.82, 2.24) is 5.32 Å².